The van der Waals surface area contributed by atoms with Crippen LogP contribution in [0.5, 0.6) is 0 Å². The number of rotatable bonds is 7. The molecule has 142 valence electrons. The van der Waals surface area contributed by atoms with Crippen LogP contribution in [0.4, 0.5) is 5.82 Å². The maximum Gasteiger partial charge on any atom is 0.239 e. The van der Waals surface area contributed by atoms with Crippen molar-refractivity contribution in [3.8, 4) is 0 Å². The minimum Gasteiger partial charge on any atom is -0.465 e. The lowest BCUT2D eigenvalue weighted by molar-refractivity contribution is -0.118. The Labute approximate surface area is 152 Å². The molecule has 1 aliphatic rings. The number of aliphatic hydroxyl groups is 1. The number of amides is 1. The molecule has 1 aliphatic heterocycles. The first-order chi connectivity index (χ1) is 12.5. The van der Waals surface area contributed by atoms with Gasteiger partial charge in [-0.2, -0.15) is 0 Å². The predicted octanol–water partition coefficient (Wildman–Crippen LogP) is 1.39. The van der Waals surface area contributed by atoms with Gasteiger partial charge in [0.2, 0.25) is 5.91 Å². The zero-order valence-electron chi connectivity index (χ0n) is 15.3. The van der Waals surface area contributed by atoms with Crippen LogP contribution in [0.25, 0.3) is 0 Å². The van der Waals surface area contributed by atoms with E-state index in [0.29, 0.717) is 24.5 Å². The number of carbonyl (C=O) groups is 1. The van der Waals surface area contributed by atoms with E-state index in [0.717, 1.165) is 37.7 Å². The van der Waals surface area contributed by atoms with Gasteiger partial charge in [-0.05, 0) is 32.4 Å². The highest BCUT2D eigenvalue weighted by molar-refractivity contribution is 5.91. The van der Waals surface area contributed by atoms with Gasteiger partial charge >= 0.3 is 0 Å². The summed E-state index contributed by atoms with van der Waals surface area (Å²) in [5.74, 6) is 2.81. The van der Waals surface area contributed by atoms with Crippen molar-refractivity contribution in [3.63, 3.8) is 0 Å². The monoisotopic (exact) mass is 362 g/mol. The number of piperazine rings is 1. The molecule has 8 heteroatoms. The summed E-state index contributed by atoms with van der Waals surface area (Å²) in [4.78, 5) is 16.6. The van der Waals surface area contributed by atoms with Crippen molar-refractivity contribution in [2.45, 2.75) is 32.9 Å². The van der Waals surface area contributed by atoms with E-state index in [1.807, 2.05) is 19.1 Å². The molecule has 0 aliphatic carbocycles. The Hall–Kier alpha value is -2.16. The minimum atomic E-state index is -0.115. The summed E-state index contributed by atoms with van der Waals surface area (Å²) in [5.41, 5.74) is 0. The molecule has 1 amide bonds. The summed E-state index contributed by atoms with van der Waals surface area (Å²) in [7, 11) is 0. The van der Waals surface area contributed by atoms with Crippen LogP contribution in [0, 0.1) is 13.8 Å². The lowest BCUT2D eigenvalue weighted by Gasteiger charge is -2.40. The second kappa shape index (κ2) is 8.48. The highest BCUT2D eigenvalue weighted by atomic mass is 16.5. The third-order valence-electron chi connectivity index (χ3n) is 4.57. The fourth-order valence-corrected chi connectivity index (χ4v) is 3.31. The first-order valence-corrected chi connectivity index (χ1v) is 8.89. The molecule has 3 heterocycles. The average Bonchev–Trinajstić information content (AvgIpc) is 3.18. The molecule has 26 heavy (non-hydrogen) atoms. The Morgan fingerprint density at radius 2 is 2.19 bits per heavy atom. The second-order valence-electron chi connectivity index (χ2n) is 6.76. The quantitative estimate of drug-likeness (QED) is 0.768. The Morgan fingerprint density at radius 3 is 2.85 bits per heavy atom. The number of aliphatic hydroxyl groups excluding tert-OH is 1. The zero-order chi connectivity index (χ0) is 18.5. The van der Waals surface area contributed by atoms with Gasteiger partial charge in [0.1, 0.15) is 17.3 Å². The molecule has 1 unspecified atom stereocenters. The Bertz CT molecular complexity index is 726. The summed E-state index contributed by atoms with van der Waals surface area (Å²) >= 11 is 0. The molecule has 0 spiro atoms. The van der Waals surface area contributed by atoms with E-state index in [1.54, 1.807) is 13.0 Å². The van der Waals surface area contributed by atoms with Gasteiger partial charge in [-0.25, -0.2) is 0 Å². The van der Waals surface area contributed by atoms with Crippen molar-refractivity contribution in [2.75, 3.05) is 38.1 Å². The minimum absolute atomic E-state index is 0.115. The molecule has 2 aromatic heterocycles. The molecular formula is C18H26N4O4. The third kappa shape index (κ3) is 4.94. The van der Waals surface area contributed by atoms with Crippen LogP contribution in [0.1, 0.15) is 23.7 Å². The number of nitrogens with one attached hydrogen (secondary N) is 1. The van der Waals surface area contributed by atoms with Crippen LogP contribution in [-0.4, -0.2) is 64.8 Å². The first-order valence-electron chi connectivity index (χ1n) is 8.89. The summed E-state index contributed by atoms with van der Waals surface area (Å²) in [5, 5.41) is 15.9. The van der Waals surface area contributed by atoms with Crippen molar-refractivity contribution in [3.05, 3.63) is 35.5 Å². The highest BCUT2D eigenvalue weighted by Crippen LogP contribution is 2.18. The van der Waals surface area contributed by atoms with E-state index in [4.69, 9.17) is 8.94 Å². The molecule has 2 N–H and O–H groups in total. The maximum absolute atomic E-state index is 12.2. The van der Waals surface area contributed by atoms with Gasteiger partial charge in [0.05, 0.1) is 13.1 Å². The largest absolute Gasteiger partial charge is 0.465 e. The van der Waals surface area contributed by atoms with Crippen molar-refractivity contribution in [1.82, 2.24) is 15.0 Å². The molecule has 8 nitrogen and oxygen atoms in total. The molecule has 0 aromatic carbocycles. The van der Waals surface area contributed by atoms with Crippen LogP contribution >= 0.6 is 0 Å². The van der Waals surface area contributed by atoms with Crippen LogP contribution < -0.4 is 5.32 Å². The second-order valence-corrected chi connectivity index (χ2v) is 6.76. The van der Waals surface area contributed by atoms with Crippen molar-refractivity contribution < 1.29 is 18.8 Å². The smallest absolute Gasteiger partial charge is 0.239 e. The lowest BCUT2D eigenvalue weighted by atomic mass is 10.1. The van der Waals surface area contributed by atoms with E-state index in [1.165, 1.54) is 0 Å². The summed E-state index contributed by atoms with van der Waals surface area (Å²) in [6, 6.07) is 5.82. The SMILES string of the molecule is Cc1cc(NC(=O)CN2CCN(Cc3ccc(C)o3)C(CCO)C2)no1. The molecule has 2 aromatic rings. The van der Waals surface area contributed by atoms with Crippen molar-refractivity contribution in [1.29, 1.82) is 0 Å². The molecular weight excluding hydrogens is 336 g/mol. The number of hydrogen-bond acceptors (Lipinski definition) is 7. The topological polar surface area (TPSA) is 95.0 Å². The van der Waals surface area contributed by atoms with Gasteiger partial charge in [0, 0.05) is 38.3 Å². The Balaban J connectivity index is 1.53. The van der Waals surface area contributed by atoms with Gasteiger partial charge in [0.25, 0.3) is 0 Å². The molecule has 0 radical (unpaired) electrons. The number of anilines is 1. The number of aromatic nitrogens is 1. The average molecular weight is 362 g/mol. The highest BCUT2D eigenvalue weighted by Gasteiger charge is 2.28. The van der Waals surface area contributed by atoms with E-state index in [-0.39, 0.29) is 18.6 Å². The van der Waals surface area contributed by atoms with E-state index < -0.39 is 0 Å². The molecule has 3 rings (SSSR count). The number of carbonyl (C=O) groups excluding carboxylic acids is 1. The maximum atomic E-state index is 12.2. The van der Waals surface area contributed by atoms with Crippen LogP contribution in [0.15, 0.2) is 27.1 Å². The van der Waals surface area contributed by atoms with E-state index in [2.05, 4.69) is 20.3 Å². The number of hydrogen-bond donors (Lipinski definition) is 2. The fourth-order valence-electron chi connectivity index (χ4n) is 3.31. The molecule has 0 saturated carbocycles. The van der Waals surface area contributed by atoms with Gasteiger partial charge in [-0.1, -0.05) is 5.16 Å². The normalized spacial score (nSPS) is 19.0. The first kappa shape index (κ1) is 18.6. The van der Waals surface area contributed by atoms with Gasteiger partial charge < -0.3 is 19.4 Å². The van der Waals surface area contributed by atoms with Crippen LogP contribution in [0.3, 0.4) is 0 Å². The number of furan rings is 1. The summed E-state index contributed by atoms with van der Waals surface area (Å²) < 4.78 is 10.6. The van der Waals surface area contributed by atoms with Crippen LogP contribution in [0.2, 0.25) is 0 Å². The van der Waals surface area contributed by atoms with Crippen LogP contribution in [-0.2, 0) is 11.3 Å². The number of aryl methyl sites for hydroxylation is 2. The molecule has 1 saturated heterocycles. The lowest BCUT2D eigenvalue weighted by Crippen LogP contribution is -2.54. The van der Waals surface area contributed by atoms with Crippen molar-refractivity contribution >= 4 is 11.7 Å². The standard InChI is InChI=1S/C18H26N4O4/c1-13-3-4-16(25-13)11-22-7-6-21(10-15(22)5-8-23)12-18(24)19-17-9-14(2)26-20-17/h3-4,9,15,23H,5-8,10-12H2,1-2H3,(H,19,20,24). The number of nitrogens with zero attached hydrogens (tertiary/aromatic N) is 3. The molecule has 1 atom stereocenters. The fraction of sp³-hybridized carbons (Fsp3) is 0.556. The predicted molar refractivity (Wildman–Crippen MR) is 95.7 cm³/mol. The Kier molecular flexibility index (Phi) is 6.08. The Morgan fingerprint density at radius 1 is 1.35 bits per heavy atom. The van der Waals surface area contributed by atoms with E-state index >= 15 is 0 Å². The van der Waals surface area contributed by atoms with Gasteiger partial charge in [-0.3, -0.25) is 14.6 Å². The zero-order valence-corrected chi connectivity index (χ0v) is 15.3. The summed E-state index contributed by atoms with van der Waals surface area (Å²) in [6.45, 7) is 7.18. The van der Waals surface area contributed by atoms with Gasteiger partial charge in [0.15, 0.2) is 5.82 Å². The van der Waals surface area contributed by atoms with Crippen molar-refractivity contribution in [2.24, 2.45) is 0 Å². The van der Waals surface area contributed by atoms with Gasteiger partial charge in [-0.15, -0.1) is 0 Å². The molecule has 1 fully saturated rings. The summed E-state index contributed by atoms with van der Waals surface area (Å²) in [6.07, 6.45) is 0.667. The third-order valence-corrected chi connectivity index (χ3v) is 4.57. The van der Waals surface area contributed by atoms with E-state index in [9.17, 15) is 9.90 Å². The molecule has 0 bridgehead atoms.